The molecule has 2 aliphatic rings. The van der Waals surface area contributed by atoms with Crippen molar-refractivity contribution in [2.75, 3.05) is 33.2 Å². The van der Waals surface area contributed by atoms with E-state index in [0.29, 0.717) is 18.6 Å². The second-order valence-electron chi connectivity index (χ2n) is 4.83. The predicted octanol–water partition coefficient (Wildman–Crippen LogP) is 0.323. The molecule has 0 bridgehead atoms. The largest absolute Gasteiger partial charge is 0.342 e. The number of likely N-dealkylation sites (N-methyl/N-ethyl adjacent to an activating group) is 1. The van der Waals surface area contributed by atoms with Crippen molar-refractivity contribution in [3.63, 3.8) is 0 Å². The number of nitrogens with zero attached hydrogens (tertiary/aromatic N) is 2. The second kappa shape index (κ2) is 5.84. The van der Waals surface area contributed by atoms with Gasteiger partial charge in [-0.15, -0.1) is 12.4 Å². The first-order valence-corrected chi connectivity index (χ1v) is 5.88. The lowest BCUT2D eigenvalue weighted by Crippen LogP contribution is -2.52. The highest BCUT2D eigenvalue weighted by molar-refractivity contribution is 5.85. The molecule has 1 heterocycles. The molecule has 0 aromatic rings. The lowest BCUT2D eigenvalue weighted by atomic mass is 10.2. The van der Waals surface area contributed by atoms with Crippen molar-refractivity contribution in [3.8, 4) is 0 Å². The number of carbonyl (C=O) groups excluding carboxylic acids is 1. The van der Waals surface area contributed by atoms with Gasteiger partial charge in [0.25, 0.3) is 0 Å². The quantitative estimate of drug-likeness (QED) is 0.781. The summed E-state index contributed by atoms with van der Waals surface area (Å²) in [5.74, 6) is 0.284. The Morgan fingerprint density at radius 3 is 2.75 bits per heavy atom. The molecule has 0 radical (unpaired) electrons. The number of amides is 1. The molecule has 0 aromatic heterocycles. The van der Waals surface area contributed by atoms with Gasteiger partial charge in [0.15, 0.2) is 0 Å². The number of hydrogen-bond acceptors (Lipinski definition) is 3. The third-order valence-electron chi connectivity index (χ3n) is 3.30. The van der Waals surface area contributed by atoms with Crippen LogP contribution in [0.4, 0.5) is 0 Å². The van der Waals surface area contributed by atoms with Crippen molar-refractivity contribution >= 4 is 18.3 Å². The molecular formula is C11H22ClN3O. The van der Waals surface area contributed by atoms with E-state index in [4.69, 9.17) is 0 Å². The monoisotopic (exact) mass is 247 g/mol. The van der Waals surface area contributed by atoms with E-state index in [9.17, 15) is 4.79 Å². The van der Waals surface area contributed by atoms with Crippen LogP contribution in [0, 0.1) is 0 Å². The topological polar surface area (TPSA) is 35.6 Å². The summed E-state index contributed by atoms with van der Waals surface area (Å²) < 4.78 is 0. The molecule has 1 amide bonds. The molecule has 1 saturated carbocycles. The minimum atomic E-state index is 0. The third-order valence-corrected chi connectivity index (χ3v) is 3.30. The van der Waals surface area contributed by atoms with E-state index in [1.807, 2.05) is 11.9 Å². The van der Waals surface area contributed by atoms with Gasteiger partial charge >= 0.3 is 0 Å². The van der Waals surface area contributed by atoms with E-state index in [-0.39, 0.29) is 18.3 Å². The van der Waals surface area contributed by atoms with Crippen LogP contribution in [-0.4, -0.2) is 61.0 Å². The lowest BCUT2D eigenvalue weighted by Gasteiger charge is -2.32. The molecular weight excluding hydrogens is 226 g/mol. The minimum Gasteiger partial charge on any atom is -0.342 e. The number of halogens is 1. The molecule has 5 heteroatoms. The first kappa shape index (κ1) is 13.7. The molecule has 4 nitrogen and oxygen atoms in total. The smallest absolute Gasteiger partial charge is 0.236 e. The number of nitrogens with one attached hydrogen (secondary N) is 1. The van der Waals surface area contributed by atoms with Gasteiger partial charge in [0.2, 0.25) is 5.91 Å². The van der Waals surface area contributed by atoms with E-state index < -0.39 is 0 Å². The van der Waals surface area contributed by atoms with Crippen molar-refractivity contribution in [2.24, 2.45) is 0 Å². The van der Waals surface area contributed by atoms with Gasteiger partial charge in [-0.25, -0.2) is 0 Å². The molecule has 1 aliphatic carbocycles. The van der Waals surface area contributed by atoms with Crippen LogP contribution in [0.3, 0.4) is 0 Å². The fraction of sp³-hybridized carbons (Fsp3) is 0.909. The molecule has 94 valence electrons. The zero-order valence-electron chi connectivity index (χ0n) is 10.1. The average Bonchev–Trinajstić information content (AvgIpc) is 2.99. The molecule has 1 atom stereocenters. The summed E-state index contributed by atoms with van der Waals surface area (Å²) in [5.41, 5.74) is 0. The SMILES string of the molecule is CC1CN(CC(=O)N(C)C2CC2)CCN1.Cl. The van der Waals surface area contributed by atoms with Crippen molar-refractivity contribution in [1.82, 2.24) is 15.1 Å². The molecule has 1 N–H and O–H groups in total. The Hall–Kier alpha value is -0.320. The molecule has 16 heavy (non-hydrogen) atoms. The van der Waals surface area contributed by atoms with Gasteiger partial charge in [-0.3, -0.25) is 9.69 Å². The summed E-state index contributed by atoms with van der Waals surface area (Å²) in [6, 6.07) is 1.05. The highest BCUT2D eigenvalue weighted by Gasteiger charge is 2.30. The fourth-order valence-corrected chi connectivity index (χ4v) is 2.12. The number of carbonyl (C=O) groups is 1. The van der Waals surface area contributed by atoms with Crippen LogP contribution in [-0.2, 0) is 4.79 Å². The summed E-state index contributed by atoms with van der Waals surface area (Å²) >= 11 is 0. The minimum absolute atomic E-state index is 0. The predicted molar refractivity (Wildman–Crippen MR) is 66.9 cm³/mol. The summed E-state index contributed by atoms with van der Waals surface area (Å²) in [6.07, 6.45) is 2.39. The standard InChI is InChI=1S/C11H21N3O.ClH/c1-9-7-14(6-5-12-9)8-11(15)13(2)10-3-4-10;/h9-10,12H,3-8H2,1-2H3;1H. The maximum Gasteiger partial charge on any atom is 0.236 e. The zero-order chi connectivity index (χ0) is 10.8. The van der Waals surface area contributed by atoms with E-state index in [1.165, 1.54) is 12.8 Å². The second-order valence-corrected chi connectivity index (χ2v) is 4.83. The molecule has 1 unspecified atom stereocenters. The highest BCUT2D eigenvalue weighted by Crippen LogP contribution is 2.25. The van der Waals surface area contributed by atoms with Gasteiger partial charge in [-0.2, -0.15) is 0 Å². The van der Waals surface area contributed by atoms with Crippen LogP contribution in [0.1, 0.15) is 19.8 Å². The lowest BCUT2D eigenvalue weighted by molar-refractivity contribution is -0.131. The maximum atomic E-state index is 11.9. The van der Waals surface area contributed by atoms with Crippen molar-refractivity contribution in [1.29, 1.82) is 0 Å². The Morgan fingerprint density at radius 1 is 1.50 bits per heavy atom. The fourth-order valence-electron chi connectivity index (χ4n) is 2.12. The first-order chi connectivity index (χ1) is 7.16. The van der Waals surface area contributed by atoms with Gasteiger partial charge in [-0.1, -0.05) is 0 Å². The number of hydrogen-bond donors (Lipinski definition) is 1. The van der Waals surface area contributed by atoms with E-state index >= 15 is 0 Å². The molecule has 2 fully saturated rings. The zero-order valence-corrected chi connectivity index (χ0v) is 10.9. The first-order valence-electron chi connectivity index (χ1n) is 5.88. The summed E-state index contributed by atoms with van der Waals surface area (Å²) in [5, 5.41) is 3.38. The van der Waals surface area contributed by atoms with Gasteiger partial charge in [0.1, 0.15) is 0 Å². The average molecular weight is 248 g/mol. The molecule has 2 rings (SSSR count). The number of piperazine rings is 1. The van der Waals surface area contributed by atoms with Crippen molar-refractivity contribution in [2.45, 2.75) is 31.8 Å². The summed E-state index contributed by atoms with van der Waals surface area (Å²) in [6.45, 7) is 5.75. The van der Waals surface area contributed by atoms with Crippen LogP contribution in [0.5, 0.6) is 0 Å². The van der Waals surface area contributed by atoms with Crippen LogP contribution < -0.4 is 5.32 Å². The summed E-state index contributed by atoms with van der Waals surface area (Å²) in [7, 11) is 1.94. The Bertz CT molecular complexity index is 245. The van der Waals surface area contributed by atoms with Gasteiger partial charge in [-0.05, 0) is 19.8 Å². The van der Waals surface area contributed by atoms with Gasteiger partial charge < -0.3 is 10.2 Å². The molecule has 0 spiro atoms. The van der Waals surface area contributed by atoms with E-state index in [1.54, 1.807) is 0 Å². The van der Waals surface area contributed by atoms with Crippen molar-refractivity contribution < 1.29 is 4.79 Å². The Kier molecular flexibility index (Phi) is 5.02. The van der Waals surface area contributed by atoms with Gasteiger partial charge in [0, 0.05) is 38.8 Å². The van der Waals surface area contributed by atoms with E-state index in [2.05, 4.69) is 17.1 Å². The van der Waals surface area contributed by atoms with Crippen LogP contribution in [0.2, 0.25) is 0 Å². The van der Waals surface area contributed by atoms with Crippen LogP contribution in [0.15, 0.2) is 0 Å². The molecule has 1 saturated heterocycles. The Balaban J connectivity index is 0.00000128. The van der Waals surface area contributed by atoms with E-state index in [0.717, 1.165) is 19.6 Å². The number of rotatable bonds is 3. The van der Waals surface area contributed by atoms with Crippen LogP contribution in [0.25, 0.3) is 0 Å². The normalized spacial score (nSPS) is 26.0. The molecule has 1 aliphatic heterocycles. The Labute approximate surface area is 104 Å². The summed E-state index contributed by atoms with van der Waals surface area (Å²) in [4.78, 5) is 16.0. The Morgan fingerprint density at radius 2 is 2.19 bits per heavy atom. The molecule has 0 aromatic carbocycles. The van der Waals surface area contributed by atoms with Crippen LogP contribution >= 0.6 is 12.4 Å². The third kappa shape index (κ3) is 3.61. The van der Waals surface area contributed by atoms with Gasteiger partial charge in [0.05, 0.1) is 6.54 Å². The maximum absolute atomic E-state index is 11.9. The van der Waals surface area contributed by atoms with Crippen molar-refractivity contribution in [3.05, 3.63) is 0 Å². The highest BCUT2D eigenvalue weighted by atomic mass is 35.5.